The Kier molecular flexibility index (Phi) is 7.80. The van der Waals surface area contributed by atoms with Crippen molar-refractivity contribution in [2.24, 2.45) is 5.92 Å². The van der Waals surface area contributed by atoms with Crippen LogP contribution < -0.4 is 0 Å². The molecule has 1 aliphatic rings. The lowest BCUT2D eigenvalue weighted by molar-refractivity contribution is 0.308. The monoisotopic (exact) mass is 402 g/mol. The van der Waals surface area contributed by atoms with Gasteiger partial charge in [0.2, 0.25) is 0 Å². The van der Waals surface area contributed by atoms with E-state index in [4.69, 9.17) is 0 Å². The lowest BCUT2D eigenvalue weighted by Crippen LogP contribution is -2.15. The van der Waals surface area contributed by atoms with Crippen LogP contribution in [0.3, 0.4) is 0 Å². The summed E-state index contributed by atoms with van der Waals surface area (Å²) in [4.78, 5) is 0. The second-order valence-corrected chi connectivity index (χ2v) is 8.58. The lowest BCUT2D eigenvalue weighted by Gasteiger charge is -2.29. The molecule has 1 aliphatic carbocycles. The number of halogens is 3. The van der Waals surface area contributed by atoms with Gasteiger partial charge in [-0.2, -0.15) is 0 Å². The van der Waals surface area contributed by atoms with Crippen LogP contribution in [-0.4, -0.2) is 0 Å². The van der Waals surface area contributed by atoms with Gasteiger partial charge in [0.1, 0.15) is 5.82 Å². The summed E-state index contributed by atoms with van der Waals surface area (Å²) in [7, 11) is 0. The molecule has 0 nitrogen and oxygen atoms in total. The molecule has 0 spiro atoms. The van der Waals surface area contributed by atoms with Crippen molar-refractivity contribution in [3.05, 3.63) is 70.0 Å². The van der Waals surface area contributed by atoms with Crippen LogP contribution in [0.15, 0.2) is 30.3 Å². The molecule has 0 saturated heterocycles. The Balaban J connectivity index is 1.52. The van der Waals surface area contributed by atoms with E-state index in [1.165, 1.54) is 0 Å². The van der Waals surface area contributed by atoms with Crippen molar-refractivity contribution in [2.75, 3.05) is 0 Å². The first-order valence-corrected chi connectivity index (χ1v) is 11.3. The fourth-order valence-corrected chi connectivity index (χ4v) is 4.63. The summed E-state index contributed by atoms with van der Waals surface area (Å²) in [6.45, 7) is 3.95. The first-order valence-electron chi connectivity index (χ1n) is 11.3. The van der Waals surface area contributed by atoms with Crippen molar-refractivity contribution in [1.82, 2.24) is 0 Å². The molecule has 0 radical (unpaired) electrons. The van der Waals surface area contributed by atoms with Crippen LogP contribution in [0.4, 0.5) is 13.2 Å². The van der Waals surface area contributed by atoms with Gasteiger partial charge in [0.15, 0.2) is 11.6 Å². The Bertz CT molecular complexity index is 804. The maximum absolute atomic E-state index is 14.4. The number of hydrogen-bond donors (Lipinski definition) is 0. The molecule has 0 heterocycles. The van der Waals surface area contributed by atoms with Crippen LogP contribution in [0.25, 0.3) is 0 Å². The molecule has 0 atom stereocenters. The van der Waals surface area contributed by atoms with Gasteiger partial charge in [0.05, 0.1) is 0 Å². The van der Waals surface area contributed by atoms with Crippen molar-refractivity contribution in [1.29, 1.82) is 0 Å². The number of hydrogen-bond acceptors (Lipinski definition) is 0. The molecule has 0 aromatic heterocycles. The molecule has 158 valence electrons. The predicted octanol–water partition coefficient (Wildman–Crippen LogP) is 7.92. The zero-order chi connectivity index (χ0) is 20.8. The first kappa shape index (κ1) is 21.9. The van der Waals surface area contributed by atoms with Crippen molar-refractivity contribution in [3.63, 3.8) is 0 Å². The van der Waals surface area contributed by atoms with Gasteiger partial charge in [-0.1, -0.05) is 44.5 Å². The molecule has 1 fully saturated rings. The average molecular weight is 403 g/mol. The number of aryl methyl sites for hydroxylation is 3. The van der Waals surface area contributed by atoms with E-state index in [0.29, 0.717) is 35.8 Å². The Morgan fingerprint density at radius 1 is 0.793 bits per heavy atom. The fourth-order valence-electron chi connectivity index (χ4n) is 4.63. The molecular formula is C26H33F3. The second kappa shape index (κ2) is 10.3. The number of rotatable bonds is 8. The molecule has 1 saturated carbocycles. The second-order valence-electron chi connectivity index (χ2n) is 8.58. The van der Waals surface area contributed by atoms with E-state index in [1.54, 1.807) is 18.2 Å². The molecular weight excluding hydrogens is 369 g/mol. The largest absolute Gasteiger partial charge is 0.207 e. The Morgan fingerprint density at radius 2 is 1.45 bits per heavy atom. The average Bonchev–Trinajstić information content (AvgIpc) is 2.74. The van der Waals surface area contributed by atoms with E-state index in [-0.39, 0.29) is 5.82 Å². The van der Waals surface area contributed by atoms with Crippen LogP contribution in [0.1, 0.15) is 87.0 Å². The van der Waals surface area contributed by atoms with Crippen LogP contribution >= 0.6 is 0 Å². The fraction of sp³-hybridized carbons (Fsp3) is 0.538. The first-order chi connectivity index (χ1) is 14.0. The third kappa shape index (κ3) is 5.43. The highest BCUT2D eigenvalue weighted by atomic mass is 19.2. The standard InChI is InChI=1S/C26H33F3/c1-3-5-6-21-14-16-23(17-24(21)27)20-10-7-18(8-11-20)9-12-22-15-13-19(4-2)25(28)26(22)29/h13-18,20H,3-12H2,1-2H3. The minimum atomic E-state index is -0.682. The van der Waals surface area contributed by atoms with Gasteiger partial charge >= 0.3 is 0 Å². The molecule has 2 aromatic carbocycles. The minimum Gasteiger partial charge on any atom is -0.207 e. The molecule has 29 heavy (non-hydrogen) atoms. The van der Waals surface area contributed by atoms with Crippen LogP contribution in [-0.2, 0) is 19.3 Å². The molecule has 3 heteroatoms. The van der Waals surface area contributed by atoms with Gasteiger partial charge in [-0.15, -0.1) is 0 Å². The van der Waals surface area contributed by atoms with Crippen molar-refractivity contribution >= 4 is 0 Å². The van der Waals surface area contributed by atoms with E-state index >= 15 is 0 Å². The zero-order valence-corrected chi connectivity index (χ0v) is 17.7. The topological polar surface area (TPSA) is 0 Å². The molecule has 0 amide bonds. The van der Waals surface area contributed by atoms with E-state index < -0.39 is 11.6 Å². The summed E-state index contributed by atoms with van der Waals surface area (Å²) in [5.41, 5.74) is 2.88. The van der Waals surface area contributed by atoms with Gasteiger partial charge in [-0.3, -0.25) is 0 Å². The maximum atomic E-state index is 14.4. The maximum Gasteiger partial charge on any atom is 0.162 e. The van der Waals surface area contributed by atoms with Gasteiger partial charge in [-0.05, 0) is 97.9 Å². The van der Waals surface area contributed by atoms with E-state index in [2.05, 4.69) is 13.0 Å². The Labute approximate surface area is 173 Å². The van der Waals surface area contributed by atoms with E-state index in [1.807, 2.05) is 13.0 Å². The quantitative estimate of drug-likeness (QED) is 0.421. The third-order valence-corrected chi connectivity index (χ3v) is 6.64. The molecule has 3 rings (SSSR count). The summed E-state index contributed by atoms with van der Waals surface area (Å²) in [5, 5.41) is 0. The summed E-state index contributed by atoms with van der Waals surface area (Å²) >= 11 is 0. The molecule has 0 unspecified atom stereocenters. The summed E-state index contributed by atoms with van der Waals surface area (Å²) in [6.07, 6.45) is 9.12. The predicted molar refractivity (Wildman–Crippen MR) is 114 cm³/mol. The van der Waals surface area contributed by atoms with Crippen LogP contribution in [0, 0.1) is 23.4 Å². The van der Waals surface area contributed by atoms with Crippen molar-refractivity contribution in [2.45, 2.75) is 84.0 Å². The molecule has 0 N–H and O–H groups in total. The van der Waals surface area contributed by atoms with E-state index in [9.17, 15) is 13.2 Å². The lowest BCUT2D eigenvalue weighted by atomic mass is 9.76. The number of benzene rings is 2. The molecule has 2 aromatic rings. The van der Waals surface area contributed by atoms with Crippen LogP contribution in [0.5, 0.6) is 0 Å². The summed E-state index contributed by atoms with van der Waals surface area (Å²) in [6, 6.07) is 9.26. The van der Waals surface area contributed by atoms with Gasteiger partial charge in [-0.25, -0.2) is 13.2 Å². The SMILES string of the molecule is CCCCc1ccc(C2CCC(CCc3ccc(CC)c(F)c3F)CC2)cc1F. The highest BCUT2D eigenvalue weighted by Crippen LogP contribution is 2.38. The Hall–Kier alpha value is -1.77. The normalized spacial score (nSPS) is 19.5. The van der Waals surface area contributed by atoms with Crippen molar-refractivity contribution < 1.29 is 13.2 Å². The van der Waals surface area contributed by atoms with Gasteiger partial charge < -0.3 is 0 Å². The molecule has 0 aliphatic heterocycles. The summed E-state index contributed by atoms with van der Waals surface area (Å²) in [5.74, 6) is -0.465. The summed E-state index contributed by atoms with van der Waals surface area (Å²) < 4.78 is 42.6. The zero-order valence-electron chi connectivity index (χ0n) is 17.7. The van der Waals surface area contributed by atoms with Crippen molar-refractivity contribution in [3.8, 4) is 0 Å². The highest BCUT2D eigenvalue weighted by molar-refractivity contribution is 5.28. The highest BCUT2D eigenvalue weighted by Gasteiger charge is 2.23. The smallest absolute Gasteiger partial charge is 0.162 e. The molecule has 0 bridgehead atoms. The van der Waals surface area contributed by atoms with Crippen LogP contribution in [0.2, 0.25) is 0 Å². The third-order valence-electron chi connectivity index (χ3n) is 6.64. The van der Waals surface area contributed by atoms with Gasteiger partial charge in [0, 0.05) is 0 Å². The van der Waals surface area contributed by atoms with Gasteiger partial charge in [0.25, 0.3) is 0 Å². The minimum absolute atomic E-state index is 0.0638. The van der Waals surface area contributed by atoms with E-state index in [0.717, 1.165) is 62.5 Å². The number of unbranched alkanes of at least 4 members (excludes halogenated alkanes) is 1. The Morgan fingerprint density at radius 3 is 2.10 bits per heavy atom.